The van der Waals surface area contributed by atoms with E-state index in [-0.39, 0.29) is 0 Å². The van der Waals surface area contributed by atoms with Gasteiger partial charge in [-0.1, -0.05) is 41.0 Å². The number of benzene rings is 1. The lowest BCUT2D eigenvalue weighted by Crippen LogP contribution is -1.99. The van der Waals surface area contributed by atoms with Gasteiger partial charge in [0.15, 0.2) is 0 Å². The highest BCUT2D eigenvalue weighted by Crippen LogP contribution is 2.23. The fourth-order valence-electron chi connectivity index (χ4n) is 1.20. The van der Waals surface area contributed by atoms with Crippen LogP contribution in [0, 0.1) is 0 Å². The Kier molecular flexibility index (Phi) is 4.50. The number of hydrogen-bond donors (Lipinski definition) is 1. The first-order valence-corrected chi connectivity index (χ1v) is 7.50. The van der Waals surface area contributed by atoms with Crippen molar-refractivity contribution in [3.05, 3.63) is 33.8 Å². The van der Waals surface area contributed by atoms with Crippen LogP contribution in [-0.4, -0.2) is 15.6 Å². The zero-order chi connectivity index (χ0) is 12.3. The van der Waals surface area contributed by atoms with Crippen LogP contribution in [0.25, 0.3) is 0 Å². The summed E-state index contributed by atoms with van der Waals surface area (Å²) in [4.78, 5) is 4.28. The molecule has 1 N–H and O–H groups in total. The average molecular weight is 306 g/mol. The molecule has 0 bridgehead atoms. The Balaban J connectivity index is 2.02. The largest absolute Gasteiger partial charge is 0.356 e. The fraction of sp³-hybridized carbons (Fsp3) is 0.200. The van der Waals surface area contributed by atoms with E-state index in [1.165, 1.54) is 23.3 Å². The molecule has 1 aromatic carbocycles. The highest BCUT2D eigenvalue weighted by molar-refractivity contribution is 7.98. The normalized spacial score (nSPS) is 10.5. The summed E-state index contributed by atoms with van der Waals surface area (Å²) in [5, 5.41) is 6.04. The lowest BCUT2D eigenvalue weighted by molar-refractivity contribution is 1.05. The molecule has 7 heteroatoms. The lowest BCUT2D eigenvalue weighted by atomic mass is 10.2. The van der Waals surface area contributed by atoms with E-state index in [0.29, 0.717) is 16.6 Å². The van der Waals surface area contributed by atoms with E-state index in [1.54, 1.807) is 6.07 Å². The molecule has 90 valence electrons. The summed E-state index contributed by atoms with van der Waals surface area (Å²) in [6.45, 7) is 0.610. The summed E-state index contributed by atoms with van der Waals surface area (Å²) in [6, 6.07) is 5.44. The third-order valence-corrected chi connectivity index (χ3v) is 3.96. The summed E-state index contributed by atoms with van der Waals surface area (Å²) < 4.78 is 4.16. The first-order chi connectivity index (χ1) is 8.19. The zero-order valence-corrected chi connectivity index (χ0v) is 12.1. The zero-order valence-electron chi connectivity index (χ0n) is 8.91. The molecule has 0 fully saturated rings. The van der Waals surface area contributed by atoms with E-state index in [1.807, 2.05) is 18.4 Å². The van der Waals surface area contributed by atoms with Crippen molar-refractivity contribution in [2.45, 2.75) is 11.7 Å². The van der Waals surface area contributed by atoms with Crippen LogP contribution in [0.1, 0.15) is 5.56 Å². The van der Waals surface area contributed by atoms with Crippen molar-refractivity contribution in [2.75, 3.05) is 11.6 Å². The van der Waals surface area contributed by atoms with E-state index in [9.17, 15) is 0 Å². The first kappa shape index (κ1) is 13.0. The van der Waals surface area contributed by atoms with Gasteiger partial charge in [0.05, 0.1) is 0 Å². The van der Waals surface area contributed by atoms with Crippen LogP contribution in [0.4, 0.5) is 5.13 Å². The van der Waals surface area contributed by atoms with E-state index in [0.717, 1.165) is 15.9 Å². The Bertz CT molecular complexity index is 516. The second-order valence-electron chi connectivity index (χ2n) is 3.18. The van der Waals surface area contributed by atoms with E-state index in [4.69, 9.17) is 23.2 Å². The molecule has 0 unspecified atom stereocenters. The minimum absolute atomic E-state index is 0.610. The van der Waals surface area contributed by atoms with Gasteiger partial charge in [0.25, 0.3) is 0 Å². The molecule has 1 aromatic heterocycles. The average Bonchev–Trinajstić information content (AvgIpc) is 2.76. The van der Waals surface area contributed by atoms with Crippen LogP contribution in [-0.2, 0) is 6.54 Å². The van der Waals surface area contributed by atoms with Gasteiger partial charge in [-0.05, 0) is 24.0 Å². The maximum atomic E-state index is 6.07. The SMILES string of the molecule is CSc1nsc(NCc2ccc(Cl)cc2Cl)n1. The molecule has 0 atom stereocenters. The van der Waals surface area contributed by atoms with Crippen molar-refractivity contribution >= 4 is 51.6 Å². The summed E-state index contributed by atoms with van der Waals surface area (Å²) >= 11 is 14.8. The summed E-state index contributed by atoms with van der Waals surface area (Å²) in [7, 11) is 0. The maximum absolute atomic E-state index is 6.07. The molecule has 0 aliphatic rings. The van der Waals surface area contributed by atoms with Gasteiger partial charge in [-0.25, -0.2) is 0 Å². The maximum Gasteiger partial charge on any atom is 0.203 e. The third kappa shape index (κ3) is 3.48. The Morgan fingerprint density at radius 1 is 1.41 bits per heavy atom. The van der Waals surface area contributed by atoms with Crippen molar-refractivity contribution < 1.29 is 0 Å². The monoisotopic (exact) mass is 305 g/mol. The lowest BCUT2D eigenvalue weighted by Gasteiger charge is -2.05. The van der Waals surface area contributed by atoms with Crippen LogP contribution < -0.4 is 5.32 Å². The predicted octanol–water partition coefficient (Wildman–Crippen LogP) is 4.18. The predicted molar refractivity (Wildman–Crippen MR) is 75.5 cm³/mol. The Morgan fingerprint density at radius 2 is 2.24 bits per heavy atom. The van der Waals surface area contributed by atoms with Gasteiger partial charge in [0.2, 0.25) is 10.3 Å². The van der Waals surface area contributed by atoms with Gasteiger partial charge in [0.1, 0.15) is 0 Å². The molecule has 0 saturated carbocycles. The number of nitrogens with one attached hydrogen (secondary N) is 1. The van der Waals surface area contributed by atoms with Gasteiger partial charge in [0, 0.05) is 28.1 Å². The van der Waals surface area contributed by atoms with E-state index >= 15 is 0 Å². The second-order valence-corrected chi connectivity index (χ2v) is 5.54. The number of nitrogens with zero attached hydrogens (tertiary/aromatic N) is 2. The molecular weight excluding hydrogens is 297 g/mol. The van der Waals surface area contributed by atoms with Crippen molar-refractivity contribution in [1.82, 2.24) is 9.36 Å². The van der Waals surface area contributed by atoms with Crippen molar-refractivity contribution in [2.24, 2.45) is 0 Å². The molecule has 1 heterocycles. The Morgan fingerprint density at radius 3 is 2.88 bits per heavy atom. The van der Waals surface area contributed by atoms with Crippen LogP contribution in [0.3, 0.4) is 0 Å². The minimum Gasteiger partial charge on any atom is -0.356 e. The number of hydrogen-bond acceptors (Lipinski definition) is 5. The third-order valence-electron chi connectivity index (χ3n) is 2.04. The first-order valence-electron chi connectivity index (χ1n) is 4.74. The van der Waals surface area contributed by atoms with Crippen LogP contribution in [0.2, 0.25) is 10.0 Å². The number of thioether (sulfide) groups is 1. The molecule has 3 nitrogen and oxygen atoms in total. The molecule has 17 heavy (non-hydrogen) atoms. The quantitative estimate of drug-likeness (QED) is 0.860. The standard InChI is InChI=1S/C10H9Cl2N3S2/c1-16-10-14-9(17-15-10)13-5-6-2-3-7(11)4-8(6)12/h2-4H,5H2,1H3,(H,13,14,15). The molecule has 2 rings (SSSR count). The summed E-state index contributed by atoms with van der Waals surface area (Å²) in [5.41, 5.74) is 0.983. The summed E-state index contributed by atoms with van der Waals surface area (Å²) in [6.07, 6.45) is 1.95. The summed E-state index contributed by atoms with van der Waals surface area (Å²) in [5.74, 6) is 0. The number of rotatable bonds is 4. The van der Waals surface area contributed by atoms with Crippen LogP contribution in [0.5, 0.6) is 0 Å². The molecule has 0 saturated heterocycles. The Hall–Kier alpha value is -0.490. The number of halogens is 2. The smallest absolute Gasteiger partial charge is 0.203 e. The molecule has 0 spiro atoms. The number of aromatic nitrogens is 2. The van der Waals surface area contributed by atoms with Crippen LogP contribution in [0.15, 0.2) is 23.4 Å². The molecular formula is C10H9Cl2N3S2. The van der Waals surface area contributed by atoms with Gasteiger partial charge in [-0.3, -0.25) is 0 Å². The topological polar surface area (TPSA) is 37.8 Å². The van der Waals surface area contributed by atoms with E-state index < -0.39 is 0 Å². The van der Waals surface area contributed by atoms with Crippen molar-refractivity contribution in [3.63, 3.8) is 0 Å². The van der Waals surface area contributed by atoms with E-state index in [2.05, 4.69) is 14.7 Å². The minimum atomic E-state index is 0.610. The molecule has 0 aliphatic heterocycles. The highest BCUT2D eigenvalue weighted by Gasteiger charge is 2.04. The second kappa shape index (κ2) is 5.91. The molecule has 0 radical (unpaired) electrons. The van der Waals surface area contributed by atoms with Gasteiger partial charge < -0.3 is 5.32 Å². The Labute approximate surface area is 118 Å². The molecule has 0 aliphatic carbocycles. The van der Waals surface area contributed by atoms with Crippen LogP contribution >= 0.6 is 46.5 Å². The molecule has 2 aromatic rings. The van der Waals surface area contributed by atoms with Gasteiger partial charge >= 0.3 is 0 Å². The van der Waals surface area contributed by atoms with Gasteiger partial charge in [-0.15, -0.1) is 0 Å². The van der Waals surface area contributed by atoms with Gasteiger partial charge in [-0.2, -0.15) is 9.36 Å². The van der Waals surface area contributed by atoms with Crippen molar-refractivity contribution in [3.8, 4) is 0 Å². The highest BCUT2D eigenvalue weighted by atomic mass is 35.5. The number of anilines is 1. The fourth-order valence-corrected chi connectivity index (χ4v) is 2.80. The van der Waals surface area contributed by atoms with Crippen molar-refractivity contribution in [1.29, 1.82) is 0 Å². The molecule has 0 amide bonds.